The molecule has 2 aliphatic heterocycles. The molecular weight excluding hydrogens is 396 g/mol. The summed E-state index contributed by atoms with van der Waals surface area (Å²) in [5.74, 6) is 0.933. The normalized spacial score (nSPS) is 17.2. The van der Waals surface area contributed by atoms with Gasteiger partial charge in [-0.1, -0.05) is 0 Å². The zero-order chi connectivity index (χ0) is 22.0. The van der Waals surface area contributed by atoms with Crippen molar-refractivity contribution >= 4 is 29.4 Å². The molecule has 0 radical (unpaired) electrons. The Labute approximate surface area is 181 Å². The quantitative estimate of drug-likeness (QED) is 0.690. The molecule has 31 heavy (non-hydrogen) atoms. The highest BCUT2D eigenvalue weighted by Crippen LogP contribution is 2.38. The summed E-state index contributed by atoms with van der Waals surface area (Å²) < 4.78 is 13.3. The lowest BCUT2D eigenvalue weighted by Gasteiger charge is -2.20. The lowest BCUT2D eigenvalue weighted by molar-refractivity contribution is -0.116. The minimum Gasteiger partial charge on any atom is -0.493 e. The van der Waals surface area contributed by atoms with Crippen LogP contribution in [0.5, 0.6) is 11.5 Å². The zero-order valence-electron chi connectivity index (χ0n) is 18.2. The summed E-state index contributed by atoms with van der Waals surface area (Å²) in [4.78, 5) is 31.5. The maximum Gasteiger partial charge on any atom is 0.256 e. The number of hydrogen-bond donors (Lipinski definition) is 1. The number of ether oxygens (including phenoxy) is 2. The van der Waals surface area contributed by atoms with E-state index >= 15 is 0 Å². The Bertz CT molecular complexity index is 1010. The molecule has 0 aliphatic carbocycles. The Balaban J connectivity index is 1.37. The maximum absolute atomic E-state index is 12.9. The molecule has 4 rings (SSSR count). The van der Waals surface area contributed by atoms with Gasteiger partial charge in [-0.2, -0.15) is 0 Å². The topological polar surface area (TPSA) is 85.2 Å². The molecule has 2 aliphatic rings. The molecule has 2 amide bonds. The third-order valence-electron chi connectivity index (χ3n) is 5.80. The van der Waals surface area contributed by atoms with Crippen molar-refractivity contribution < 1.29 is 19.1 Å². The second-order valence-corrected chi connectivity index (χ2v) is 7.99. The van der Waals surface area contributed by atoms with Crippen LogP contribution in [0.2, 0.25) is 0 Å². The number of methoxy groups -OCH3 is 1. The smallest absolute Gasteiger partial charge is 0.256 e. The Hall–Kier alpha value is -3.29. The fraction of sp³-hybridized carbons (Fsp3) is 0.435. The van der Waals surface area contributed by atoms with E-state index < -0.39 is 0 Å². The van der Waals surface area contributed by atoms with Crippen molar-refractivity contribution in [3.63, 3.8) is 0 Å². The lowest BCUT2D eigenvalue weighted by Crippen LogP contribution is -2.35. The summed E-state index contributed by atoms with van der Waals surface area (Å²) in [6, 6.07) is 5.44. The van der Waals surface area contributed by atoms with Gasteiger partial charge in [0.05, 0.1) is 36.7 Å². The molecule has 1 aromatic carbocycles. The first-order valence-electron chi connectivity index (χ1n) is 10.6. The second kappa shape index (κ2) is 8.83. The van der Waals surface area contributed by atoms with Crippen LogP contribution in [0.15, 0.2) is 29.4 Å². The lowest BCUT2D eigenvalue weighted by atomic mass is 10.1. The van der Waals surface area contributed by atoms with Gasteiger partial charge in [0.1, 0.15) is 0 Å². The number of fused-ring (bicyclic) bond motifs is 2. The molecule has 1 atom stereocenters. The Kier molecular flexibility index (Phi) is 5.97. The van der Waals surface area contributed by atoms with E-state index in [9.17, 15) is 9.59 Å². The predicted octanol–water partition coefficient (Wildman–Crippen LogP) is 3.46. The molecule has 1 saturated heterocycles. The molecule has 1 N–H and O–H groups in total. The van der Waals surface area contributed by atoms with E-state index in [1.807, 2.05) is 41.9 Å². The molecule has 0 bridgehead atoms. The molecule has 0 spiro atoms. The van der Waals surface area contributed by atoms with Gasteiger partial charge in [-0.25, -0.2) is 0 Å². The third kappa shape index (κ3) is 4.42. The van der Waals surface area contributed by atoms with Crippen molar-refractivity contribution in [2.45, 2.75) is 38.6 Å². The Morgan fingerprint density at radius 3 is 2.87 bits per heavy atom. The van der Waals surface area contributed by atoms with Crippen LogP contribution < -0.4 is 14.8 Å². The zero-order valence-corrected chi connectivity index (χ0v) is 18.2. The van der Waals surface area contributed by atoms with Crippen molar-refractivity contribution in [3.8, 4) is 11.5 Å². The molecule has 164 valence electrons. The number of carbonyl (C=O) groups excluding carboxylic acids is 2. The van der Waals surface area contributed by atoms with E-state index in [0.29, 0.717) is 42.2 Å². The van der Waals surface area contributed by atoms with Crippen LogP contribution in [0.4, 0.5) is 11.4 Å². The molecule has 2 aromatic rings. The number of nitrogens with zero attached hydrogens (tertiary/aromatic N) is 3. The van der Waals surface area contributed by atoms with Crippen LogP contribution in [0.3, 0.4) is 0 Å². The van der Waals surface area contributed by atoms with Crippen LogP contribution in [-0.2, 0) is 11.8 Å². The minimum atomic E-state index is -0.0566. The number of benzene rings is 1. The first-order chi connectivity index (χ1) is 15.0. The van der Waals surface area contributed by atoms with Crippen LogP contribution >= 0.6 is 0 Å². The number of aryl methyl sites for hydroxylation is 2. The molecule has 8 nitrogen and oxygen atoms in total. The first-order valence-corrected chi connectivity index (χ1v) is 10.6. The highest BCUT2D eigenvalue weighted by atomic mass is 16.5. The minimum absolute atomic E-state index is 0.0207. The van der Waals surface area contributed by atoms with Gasteiger partial charge < -0.3 is 24.3 Å². The van der Waals surface area contributed by atoms with Crippen molar-refractivity contribution in [3.05, 3.63) is 35.7 Å². The average molecular weight is 425 g/mol. The molecule has 1 fully saturated rings. The number of carbonyl (C=O) groups is 2. The molecule has 1 aromatic heterocycles. The van der Waals surface area contributed by atoms with Gasteiger partial charge >= 0.3 is 0 Å². The standard InChI is InChI=1S/C23H28N4O4/c1-15-10-16(14-26(15)2)25-22(28)7-5-9-31-21-12-19-18(11-20(21)30-3)23(29)27-8-4-6-17(27)13-24-19/h10-14,17H,4-9H2,1-3H3,(H,25,28). The summed E-state index contributed by atoms with van der Waals surface area (Å²) in [5.41, 5.74) is 2.99. The van der Waals surface area contributed by atoms with E-state index in [0.717, 1.165) is 30.8 Å². The molecule has 1 unspecified atom stereocenters. The molecule has 0 saturated carbocycles. The monoisotopic (exact) mass is 424 g/mol. The molecule has 3 heterocycles. The van der Waals surface area contributed by atoms with E-state index in [-0.39, 0.29) is 17.9 Å². The van der Waals surface area contributed by atoms with Crippen LogP contribution in [0, 0.1) is 6.92 Å². The SMILES string of the molecule is COc1cc2c(cc1OCCCC(=O)Nc1cc(C)n(C)c1)N=CC1CCCN1C2=O. The van der Waals surface area contributed by atoms with Crippen LogP contribution in [-0.4, -0.2) is 53.8 Å². The van der Waals surface area contributed by atoms with E-state index in [1.165, 1.54) is 0 Å². The van der Waals surface area contributed by atoms with Crippen LogP contribution in [0.1, 0.15) is 41.7 Å². The van der Waals surface area contributed by atoms with Crippen molar-refractivity contribution in [1.82, 2.24) is 9.47 Å². The number of aliphatic imine (C=N–C) groups is 1. The summed E-state index contributed by atoms with van der Waals surface area (Å²) >= 11 is 0. The van der Waals surface area contributed by atoms with Gasteiger partial charge in [0.15, 0.2) is 11.5 Å². The first kappa shape index (κ1) is 21.0. The number of amides is 2. The van der Waals surface area contributed by atoms with Crippen molar-refractivity contribution in [2.24, 2.45) is 12.0 Å². The Morgan fingerprint density at radius 2 is 2.13 bits per heavy atom. The van der Waals surface area contributed by atoms with Gasteiger partial charge in [0, 0.05) is 44.2 Å². The largest absolute Gasteiger partial charge is 0.493 e. The Morgan fingerprint density at radius 1 is 1.29 bits per heavy atom. The predicted molar refractivity (Wildman–Crippen MR) is 119 cm³/mol. The summed E-state index contributed by atoms with van der Waals surface area (Å²) in [7, 11) is 3.49. The summed E-state index contributed by atoms with van der Waals surface area (Å²) in [6.07, 6.45) is 6.56. The highest BCUT2D eigenvalue weighted by Gasteiger charge is 2.32. The highest BCUT2D eigenvalue weighted by molar-refractivity contribution is 6.03. The number of hydrogen-bond acceptors (Lipinski definition) is 5. The second-order valence-electron chi connectivity index (χ2n) is 7.99. The van der Waals surface area contributed by atoms with Gasteiger partial charge in [-0.05, 0) is 38.3 Å². The van der Waals surface area contributed by atoms with Crippen molar-refractivity contribution in [1.29, 1.82) is 0 Å². The molecule has 8 heteroatoms. The van der Waals surface area contributed by atoms with Gasteiger partial charge in [-0.3, -0.25) is 14.6 Å². The summed E-state index contributed by atoms with van der Waals surface area (Å²) in [6.45, 7) is 3.09. The third-order valence-corrected chi connectivity index (χ3v) is 5.80. The van der Waals surface area contributed by atoms with Gasteiger partial charge in [0.2, 0.25) is 5.91 Å². The fourth-order valence-electron chi connectivity index (χ4n) is 4.00. The van der Waals surface area contributed by atoms with Gasteiger partial charge in [0.25, 0.3) is 5.91 Å². The number of rotatable bonds is 7. The van der Waals surface area contributed by atoms with Gasteiger partial charge in [-0.15, -0.1) is 0 Å². The van der Waals surface area contributed by atoms with Crippen molar-refractivity contribution in [2.75, 3.05) is 25.6 Å². The fourth-order valence-corrected chi connectivity index (χ4v) is 4.00. The van der Waals surface area contributed by atoms with E-state index in [1.54, 1.807) is 19.2 Å². The van der Waals surface area contributed by atoms with Crippen LogP contribution in [0.25, 0.3) is 0 Å². The summed E-state index contributed by atoms with van der Waals surface area (Å²) in [5, 5.41) is 2.90. The number of aromatic nitrogens is 1. The van der Waals surface area contributed by atoms with E-state index in [2.05, 4.69) is 10.3 Å². The number of anilines is 1. The average Bonchev–Trinajstić information content (AvgIpc) is 3.31. The molecular formula is C23H28N4O4. The maximum atomic E-state index is 12.9. The van der Waals surface area contributed by atoms with E-state index in [4.69, 9.17) is 9.47 Å². The number of nitrogens with one attached hydrogen (secondary N) is 1.